The van der Waals surface area contributed by atoms with Crippen molar-refractivity contribution in [3.05, 3.63) is 29.8 Å². The number of benzene rings is 1. The van der Waals surface area contributed by atoms with Crippen molar-refractivity contribution in [3.63, 3.8) is 0 Å². The highest BCUT2D eigenvalue weighted by Crippen LogP contribution is 2.12. The van der Waals surface area contributed by atoms with E-state index in [1.165, 1.54) is 7.11 Å². The lowest BCUT2D eigenvalue weighted by molar-refractivity contribution is -0.145. The molecule has 1 aromatic rings. The fraction of sp³-hybridized carbons (Fsp3) is 0.385. The van der Waals surface area contributed by atoms with Crippen LogP contribution >= 0.6 is 0 Å². The van der Waals surface area contributed by atoms with Crippen LogP contribution in [0.2, 0.25) is 0 Å². The molecule has 1 rings (SSSR count). The van der Waals surface area contributed by atoms with Crippen molar-refractivity contribution in [1.29, 1.82) is 5.26 Å². The van der Waals surface area contributed by atoms with E-state index in [1.54, 1.807) is 18.2 Å². The average Bonchev–Trinajstić information content (AvgIpc) is 2.39. The third-order valence-electron chi connectivity index (χ3n) is 2.57. The number of carbonyl (C=O) groups is 1. The third-order valence-corrected chi connectivity index (χ3v) is 2.57. The average molecular weight is 232 g/mol. The monoisotopic (exact) mass is 232 g/mol. The minimum atomic E-state index is -0.212. The van der Waals surface area contributed by atoms with E-state index < -0.39 is 0 Å². The first kappa shape index (κ1) is 13.0. The van der Waals surface area contributed by atoms with Gasteiger partial charge in [0.25, 0.3) is 0 Å². The Labute approximate surface area is 101 Å². The molecule has 90 valence electrons. The Kier molecular flexibility index (Phi) is 5.02. The van der Waals surface area contributed by atoms with Crippen LogP contribution in [0.3, 0.4) is 0 Å². The molecule has 0 heterocycles. The molecule has 0 spiro atoms. The molecule has 1 N–H and O–H groups in total. The highest BCUT2D eigenvalue weighted by Gasteiger charge is 2.16. The number of esters is 1. The van der Waals surface area contributed by atoms with Crippen LogP contribution in [0, 0.1) is 17.2 Å². The summed E-state index contributed by atoms with van der Waals surface area (Å²) >= 11 is 0. The molecule has 0 aromatic heterocycles. The highest BCUT2D eigenvalue weighted by atomic mass is 16.5. The first-order valence-electron chi connectivity index (χ1n) is 5.53. The number of anilines is 1. The maximum Gasteiger partial charge on any atom is 0.310 e. The number of carbonyl (C=O) groups excluding carboxylic acids is 1. The molecule has 4 nitrogen and oxygen atoms in total. The standard InChI is InChI=1S/C13H16N2O2/c1-3-11(13(16)17-2)9-15-12-6-4-5-10(7-12)8-14/h4-7,11,15H,3,9H2,1-2H3. The zero-order valence-corrected chi connectivity index (χ0v) is 10.1. The predicted octanol–water partition coefficient (Wildman–Crippen LogP) is 2.17. The van der Waals surface area contributed by atoms with Gasteiger partial charge in [-0.15, -0.1) is 0 Å². The van der Waals surface area contributed by atoms with Crippen LogP contribution in [0.25, 0.3) is 0 Å². The van der Waals surface area contributed by atoms with Gasteiger partial charge in [-0.25, -0.2) is 0 Å². The van der Waals surface area contributed by atoms with Crippen LogP contribution in [0.1, 0.15) is 18.9 Å². The normalized spacial score (nSPS) is 11.4. The smallest absolute Gasteiger partial charge is 0.310 e. The molecule has 1 aromatic carbocycles. The van der Waals surface area contributed by atoms with Crippen molar-refractivity contribution in [2.45, 2.75) is 13.3 Å². The summed E-state index contributed by atoms with van der Waals surface area (Å²) in [5.41, 5.74) is 1.44. The summed E-state index contributed by atoms with van der Waals surface area (Å²) in [6, 6.07) is 9.24. The Hall–Kier alpha value is -2.02. The van der Waals surface area contributed by atoms with Crippen LogP contribution in [0.5, 0.6) is 0 Å². The first-order chi connectivity index (χ1) is 8.21. The van der Waals surface area contributed by atoms with Gasteiger partial charge in [-0.1, -0.05) is 13.0 Å². The van der Waals surface area contributed by atoms with E-state index in [0.29, 0.717) is 12.1 Å². The van der Waals surface area contributed by atoms with E-state index in [-0.39, 0.29) is 11.9 Å². The maximum absolute atomic E-state index is 11.4. The predicted molar refractivity (Wildman–Crippen MR) is 65.4 cm³/mol. The number of ether oxygens (including phenoxy) is 1. The van der Waals surface area contributed by atoms with E-state index in [0.717, 1.165) is 12.1 Å². The lowest BCUT2D eigenvalue weighted by Crippen LogP contribution is -2.23. The van der Waals surface area contributed by atoms with Gasteiger partial charge in [0, 0.05) is 12.2 Å². The van der Waals surface area contributed by atoms with Gasteiger partial charge in [-0.05, 0) is 24.6 Å². The van der Waals surface area contributed by atoms with E-state index >= 15 is 0 Å². The van der Waals surface area contributed by atoms with Crippen LogP contribution in [-0.4, -0.2) is 19.6 Å². The maximum atomic E-state index is 11.4. The van der Waals surface area contributed by atoms with Crippen LogP contribution in [0.4, 0.5) is 5.69 Å². The molecule has 1 atom stereocenters. The molecule has 0 amide bonds. The summed E-state index contributed by atoms with van der Waals surface area (Å²) in [5, 5.41) is 11.9. The Morgan fingerprint density at radius 3 is 2.94 bits per heavy atom. The molecule has 1 unspecified atom stereocenters. The molecule has 0 saturated heterocycles. The molecule has 0 saturated carbocycles. The topological polar surface area (TPSA) is 62.1 Å². The second-order valence-corrected chi connectivity index (χ2v) is 3.70. The number of nitrogens with one attached hydrogen (secondary N) is 1. The lowest BCUT2D eigenvalue weighted by Gasteiger charge is -2.14. The zero-order chi connectivity index (χ0) is 12.7. The quantitative estimate of drug-likeness (QED) is 0.790. The molecule has 17 heavy (non-hydrogen) atoms. The third kappa shape index (κ3) is 3.80. The van der Waals surface area contributed by atoms with Gasteiger partial charge < -0.3 is 10.1 Å². The van der Waals surface area contributed by atoms with E-state index in [9.17, 15) is 4.79 Å². The number of nitrogens with zero attached hydrogens (tertiary/aromatic N) is 1. The minimum Gasteiger partial charge on any atom is -0.469 e. The summed E-state index contributed by atoms with van der Waals surface area (Å²) in [7, 11) is 1.39. The second kappa shape index (κ2) is 6.54. The molecule has 0 aliphatic carbocycles. The Balaban J connectivity index is 2.60. The molecule has 4 heteroatoms. The van der Waals surface area contributed by atoms with Crippen molar-refractivity contribution < 1.29 is 9.53 Å². The van der Waals surface area contributed by atoms with Crippen LogP contribution in [0.15, 0.2) is 24.3 Å². The van der Waals surface area contributed by atoms with Gasteiger partial charge in [0.1, 0.15) is 0 Å². The molecule has 0 fully saturated rings. The van der Waals surface area contributed by atoms with Crippen molar-refractivity contribution in [3.8, 4) is 6.07 Å². The minimum absolute atomic E-state index is 0.161. The molecular formula is C13H16N2O2. The van der Waals surface area contributed by atoms with E-state index in [1.807, 2.05) is 13.0 Å². The van der Waals surface area contributed by atoms with Gasteiger partial charge in [0.05, 0.1) is 24.7 Å². The SMILES string of the molecule is CCC(CNc1cccc(C#N)c1)C(=O)OC. The van der Waals surface area contributed by atoms with Gasteiger partial charge in [-0.3, -0.25) is 4.79 Å². The molecule has 0 aliphatic rings. The Bertz CT molecular complexity index is 424. The molecular weight excluding hydrogens is 216 g/mol. The van der Waals surface area contributed by atoms with E-state index in [4.69, 9.17) is 10.00 Å². The second-order valence-electron chi connectivity index (χ2n) is 3.70. The van der Waals surface area contributed by atoms with Gasteiger partial charge in [0.2, 0.25) is 0 Å². The summed E-state index contributed by atoms with van der Waals surface area (Å²) in [6.07, 6.45) is 0.720. The van der Waals surface area contributed by atoms with Gasteiger partial charge in [0.15, 0.2) is 0 Å². The summed E-state index contributed by atoms with van der Waals surface area (Å²) in [5.74, 6) is -0.373. The van der Waals surface area contributed by atoms with Crippen molar-refractivity contribution in [1.82, 2.24) is 0 Å². The summed E-state index contributed by atoms with van der Waals surface area (Å²) in [4.78, 5) is 11.4. The number of nitriles is 1. The molecule has 0 aliphatic heterocycles. The van der Waals surface area contributed by atoms with Crippen LogP contribution in [-0.2, 0) is 9.53 Å². The van der Waals surface area contributed by atoms with Gasteiger partial charge in [-0.2, -0.15) is 5.26 Å². The van der Waals surface area contributed by atoms with E-state index in [2.05, 4.69) is 11.4 Å². The summed E-state index contributed by atoms with van der Waals surface area (Å²) in [6.45, 7) is 2.45. The number of hydrogen-bond acceptors (Lipinski definition) is 4. The Morgan fingerprint density at radius 1 is 1.59 bits per heavy atom. The highest BCUT2D eigenvalue weighted by molar-refractivity contribution is 5.73. The van der Waals surface area contributed by atoms with Crippen molar-refractivity contribution in [2.75, 3.05) is 19.0 Å². The fourth-order valence-corrected chi connectivity index (χ4v) is 1.50. The molecule has 0 radical (unpaired) electrons. The lowest BCUT2D eigenvalue weighted by atomic mass is 10.1. The number of rotatable bonds is 5. The van der Waals surface area contributed by atoms with Gasteiger partial charge >= 0.3 is 5.97 Å². The molecule has 0 bridgehead atoms. The van der Waals surface area contributed by atoms with Crippen LogP contribution < -0.4 is 5.32 Å². The first-order valence-corrected chi connectivity index (χ1v) is 5.53. The van der Waals surface area contributed by atoms with Crippen molar-refractivity contribution in [2.24, 2.45) is 5.92 Å². The summed E-state index contributed by atoms with van der Waals surface area (Å²) < 4.78 is 4.71. The fourth-order valence-electron chi connectivity index (χ4n) is 1.50. The van der Waals surface area contributed by atoms with Crippen molar-refractivity contribution >= 4 is 11.7 Å². The largest absolute Gasteiger partial charge is 0.469 e. The number of methoxy groups -OCH3 is 1. The zero-order valence-electron chi connectivity index (χ0n) is 10.1. The number of hydrogen-bond donors (Lipinski definition) is 1. The Morgan fingerprint density at radius 2 is 2.35 bits per heavy atom.